The van der Waals surface area contributed by atoms with Gasteiger partial charge in [-0.2, -0.15) is 40.3 Å². The van der Waals surface area contributed by atoms with Crippen LogP contribution in [0.25, 0.3) is 84.5 Å². The van der Waals surface area contributed by atoms with E-state index in [2.05, 4.69) is 143 Å². The summed E-state index contributed by atoms with van der Waals surface area (Å²) in [6, 6.07) is 31.5. The van der Waals surface area contributed by atoms with Gasteiger partial charge < -0.3 is 52.7 Å². The van der Waals surface area contributed by atoms with Crippen molar-refractivity contribution in [3.05, 3.63) is 169 Å². The van der Waals surface area contributed by atoms with Gasteiger partial charge in [0.15, 0.2) is 23.3 Å². The monoisotopic (exact) mass is 1380 g/mol. The van der Waals surface area contributed by atoms with Crippen LogP contribution < -0.4 is 42.5 Å². The number of benzene rings is 4. The summed E-state index contributed by atoms with van der Waals surface area (Å²) in [5.41, 5.74) is 11.2. The highest BCUT2D eigenvalue weighted by Gasteiger charge is 2.21. The molecule has 0 spiro atoms. The van der Waals surface area contributed by atoms with Gasteiger partial charge in [-0.25, -0.2) is 24.7 Å². The Hall–Kier alpha value is -11.8. The van der Waals surface area contributed by atoms with Gasteiger partial charge in [0.2, 0.25) is 23.8 Å². The number of aromatic amines is 4. The number of carbonyl (C=O) groups is 1. The number of hydrogen-bond acceptors (Lipinski definition) is 26. The Labute approximate surface area is 572 Å². The molecule has 0 amide bonds. The zero-order valence-electron chi connectivity index (χ0n) is 52.0. The van der Waals surface area contributed by atoms with E-state index in [0.29, 0.717) is 42.8 Å². The minimum Gasteiger partial charge on any atom is -0.480 e. The number of nitrogens with zero attached hydrogens (tertiary/aromatic N) is 12. The molecule has 27 nitrogen and oxygen atoms in total. The second-order valence-corrected chi connectivity index (χ2v) is 26.0. The van der Waals surface area contributed by atoms with Gasteiger partial charge in [0, 0.05) is 63.4 Å². The first-order chi connectivity index (χ1) is 48.1. The molecule has 4 aromatic carbocycles. The highest BCUT2D eigenvalue weighted by atomic mass is 32.1. The number of aliphatic hydroxyl groups is 1. The first-order valence-corrected chi connectivity index (χ1v) is 34.6. The number of aromatic nitrogens is 16. The summed E-state index contributed by atoms with van der Waals surface area (Å²) in [6.07, 6.45) is 15.7. The fraction of sp³-hybridized carbons (Fsp3) is 0.149. The smallest absolute Gasteiger partial charge is 0.326 e. The minimum absolute atomic E-state index is 0.0327. The number of H-pyrrole nitrogens is 4. The number of rotatable bonds is 21. The third-order valence-corrected chi connectivity index (χ3v) is 19.2. The van der Waals surface area contributed by atoms with E-state index in [1.165, 1.54) is 37.0 Å². The molecule has 14 N–H and O–H groups in total. The number of aliphatic carboxylic acids is 1. The lowest BCUT2D eigenvalue weighted by Crippen LogP contribution is -2.29. The van der Waals surface area contributed by atoms with Crippen LogP contribution in [0.1, 0.15) is 32.1 Å². The summed E-state index contributed by atoms with van der Waals surface area (Å²) in [4.78, 5) is 47.8. The van der Waals surface area contributed by atoms with Gasteiger partial charge in [-0.05, 0) is 138 Å². The van der Waals surface area contributed by atoms with Crippen molar-refractivity contribution in [2.75, 3.05) is 62.2 Å². The predicted octanol–water partition coefficient (Wildman–Crippen LogP) is 15.0. The largest absolute Gasteiger partial charge is 0.480 e. The van der Waals surface area contributed by atoms with Gasteiger partial charge in [0.05, 0.1) is 94.3 Å². The van der Waals surface area contributed by atoms with Crippen LogP contribution in [-0.4, -0.2) is 129 Å². The second-order valence-electron chi connectivity index (χ2n) is 22.3. The standard InChI is InChI=1S/C18H16N6O2S.C18H18N6S.C16H14N6S.C15H14N6OS/c1-2-3-14(17(25)26)22-18-21-13-6-7-27-15(13)16(23-18)20-11-4-5-12-10(8-11)9-19-24-12;1-2-4-12(3-1)21-18-22-15-7-8-25-16(15)17(23-18)20-13-5-6-14-11(9-13)10-19-24-14;1-2-6-17-16-20-13-5-7-23-14(13)15(21-16)19-11-3-4-12-10(8-11)9-18-22-12;22-5-4-16-15-19-12-3-6-23-13(12)14(20-15)18-10-1-2-11-9(7-10)8-17-21-11/h2,4-9,14H,1,3H2,(H,19,24)(H,25,26)(H2,20,21,22,23);5-10,12H,1-4H2,(H,19,24)(H2,20,21,22,23);2-5,7-9H,1,6H2,(H,18,22)(H2,17,19,20,21);1-3,6-8,22H,4-5H2,(H,17,21)(H2,16,18,19,20). The number of nitrogens with one attached hydrogen (secondary N) is 12. The predicted molar refractivity (Wildman–Crippen MR) is 397 cm³/mol. The number of aliphatic hydroxyl groups excluding tert-OH is 1. The number of fused-ring (bicyclic) bond motifs is 8. The van der Waals surface area contributed by atoms with Crippen LogP contribution in [0.4, 0.5) is 69.8 Å². The maximum Gasteiger partial charge on any atom is 0.326 e. The fourth-order valence-corrected chi connectivity index (χ4v) is 13.9. The summed E-state index contributed by atoms with van der Waals surface area (Å²) < 4.78 is 3.99. The van der Waals surface area contributed by atoms with Crippen molar-refractivity contribution >= 4 is 206 Å². The molecule has 12 aromatic heterocycles. The van der Waals surface area contributed by atoms with Crippen molar-refractivity contribution in [1.29, 1.82) is 0 Å². The Kier molecular flexibility index (Phi) is 19.1. The molecule has 1 unspecified atom stereocenters. The Morgan fingerprint density at radius 1 is 0.490 bits per heavy atom. The highest BCUT2D eigenvalue weighted by molar-refractivity contribution is 7.18. The van der Waals surface area contributed by atoms with E-state index >= 15 is 0 Å². The van der Waals surface area contributed by atoms with Crippen LogP contribution >= 0.6 is 45.3 Å². The molecule has 1 fully saturated rings. The van der Waals surface area contributed by atoms with Gasteiger partial charge in [0.25, 0.3) is 0 Å². The molecule has 492 valence electrons. The molecule has 16 aromatic rings. The summed E-state index contributed by atoms with van der Waals surface area (Å²) in [7, 11) is 0. The van der Waals surface area contributed by atoms with E-state index in [4.69, 9.17) is 10.1 Å². The first kappa shape index (κ1) is 63.6. The number of carboxylic acid groups (broad SMARTS) is 1. The van der Waals surface area contributed by atoms with Crippen molar-refractivity contribution < 1.29 is 15.0 Å². The average molecular weight is 1380 g/mol. The number of thiophene rings is 4. The highest BCUT2D eigenvalue weighted by Crippen LogP contribution is 2.36. The van der Waals surface area contributed by atoms with Crippen molar-refractivity contribution in [2.45, 2.75) is 44.2 Å². The molecule has 17 rings (SSSR count). The van der Waals surface area contributed by atoms with Gasteiger partial charge in [-0.1, -0.05) is 25.0 Å². The van der Waals surface area contributed by atoms with E-state index in [1.807, 2.05) is 113 Å². The molecule has 1 aliphatic rings. The quantitative estimate of drug-likeness (QED) is 0.0297. The molecule has 0 bridgehead atoms. The van der Waals surface area contributed by atoms with E-state index in [1.54, 1.807) is 64.8 Å². The molecule has 1 saturated carbocycles. The molecule has 0 saturated heterocycles. The minimum atomic E-state index is -0.983. The Morgan fingerprint density at radius 2 is 0.857 bits per heavy atom. The Bertz CT molecular complexity index is 5450. The molecule has 1 aliphatic carbocycles. The van der Waals surface area contributed by atoms with Crippen LogP contribution in [0.15, 0.2) is 169 Å². The van der Waals surface area contributed by atoms with Crippen molar-refractivity contribution in [3.63, 3.8) is 0 Å². The molecule has 1 atom stereocenters. The van der Waals surface area contributed by atoms with Crippen molar-refractivity contribution in [3.8, 4) is 0 Å². The lowest BCUT2D eigenvalue weighted by molar-refractivity contribution is -0.137. The Balaban J connectivity index is 0.000000112. The average Bonchev–Trinajstić information content (AvgIpc) is 1.59. The van der Waals surface area contributed by atoms with Crippen LogP contribution in [0.5, 0.6) is 0 Å². The Morgan fingerprint density at radius 3 is 1.23 bits per heavy atom. The number of carboxylic acids is 1. The van der Waals surface area contributed by atoms with E-state index in [0.717, 1.165) is 125 Å². The zero-order chi connectivity index (χ0) is 66.7. The lowest BCUT2D eigenvalue weighted by atomic mass is 10.2. The van der Waals surface area contributed by atoms with Crippen LogP contribution in [-0.2, 0) is 4.79 Å². The van der Waals surface area contributed by atoms with Crippen LogP contribution in [0.2, 0.25) is 0 Å². The maximum absolute atomic E-state index is 11.4. The molecule has 31 heteroatoms. The van der Waals surface area contributed by atoms with Crippen LogP contribution in [0.3, 0.4) is 0 Å². The van der Waals surface area contributed by atoms with Gasteiger partial charge >= 0.3 is 5.97 Å². The van der Waals surface area contributed by atoms with Crippen molar-refractivity contribution in [2.24, 2.45) is 0 Å². The van der Waals surface area contributed by atoms with Gasteiger partial charge in [-0.15, -0.1) is 58.5 Å². The second kappa shape index (κ2) is 29.5. The van der Waals surface area contributed by atoms with Crippen molar-refractivity contribution in [1.82, 2.24) is 80.7 Å². The molecule has 98 heavy (non-hydrogen) atoms. The summed E-state index contributed by atoms with van der Waals surface area (Å²) >= 11 is 6.38. The fourth-order valence-electron chi connectivity index (χ4n) is 10.8. The third-order valence-electron chi connectivity index (χ3n) is 15.5. The topological polar surface area (TPSA) is 372 Å². The summed E-state index contributed by atoms with van der Waals surface area (Å²) in [5.74, 6) is 4.06. The van der Waals surface area contributed by atoms with E-state index in [9.17, 15) is 9.90 Å². The van der Waals surface area contributed by atoms with E-state index in [-0.39, 0.29) is 19.0 Å². The van der Waals surface area contributed by atoms with Gasteiger partial charge in [0.1, 0.15) is 6.04 Å². The normalized spacial score (nSPS) is 12.4. The molecule has 12 heterocycles. The zero-order valence-corrected chi connectivity index (χ0v) is 55.3. The van der Waals surface area contributed by atoms with Gasteiger partial charge in [-0.3, -0.25) is 20.4 Å². The maximum atomic E-state index is 11.4. The summed E-state index contributed by atoms with van der Waals surface area (Å²) in [5, 5.41) is 84.3. The lowest BCUT2D eigenvalue weighted by Gasteiger charge is -2.14. The number of hydrogen-bond donors (Lipinski definition) is 14. The summed E-state index contributed by atoms with van der Waals surface area (Å²) in [6.45, 7) is 8.37. The molecular formula is C67H62N24O3S4. The third kappa shape index (κ3) is 14.8. The molecule has 0 aliphatic heterocycles. The SMILES string of the molecule is C=CCC(Nc1nc(Nc2ccc3[nH]ncc3c2)c2sccc2n1)C(=O)O.C=CCNc1nc(Nc2ccc3[nH]ncc3c2)c2sccc2n1.OCCNc1nc(Nc2ccc3[nH]ncc3c2)c2sccc2n1.c1cc2nc(NC3CCCC3)nc(Nc3ccc4[nH]ncc4c3)c2s1. The molecule has 0 radical (unpaired) electrons. The van der Waals surface area contributed by atoms with E-state index < -0.39 is 12.0 Å². The number of anilines is 12. The molecular weight excluding hydrogens is 1320 g/mol. The van der Waals surface area contributed by atoms with Crippen LogP contribution in [0, 0.1) is 0 Å². The first-order valence-electron chi connectivity index (χ1n) is 31.0.